The van der Waals surface area contributed by atoms with E-state index < -0.39 is 5.60 Å². The van der Waals surface area contributed by atoms with Crippen LogP contribution in [0.2, 0.25) is 5.31 Å². The van der Waals surface area contributed by atoms with Crippen LogP contribution in [0.4, 0.5) is 4.79 Å². The van der Waals surface area contributed by atoms with E-state index in [1.807, 2.05) is 25.7 Å². The first-order chi connectivity index (χ1) is 10.2. The van der Waals surface area contributed by atoms with Crippen LogP contribution in [0, 0.1) is 0 Å². The molecule has 23 heavy (non-hydrogen) atoms. The first-order valence-corrected chi connectivity index (χ1v) is 8.56. The molecule has 0 aromatic heterocycles. The van der Waals surface area contributed by atoms with Gasteiger partial charge in [-0.2, -0.15) is 0 Å². The lowest BCUT2D eigenvalue weighted by Gasteiger charge is -2.45. The van der Waals surface area contributed by atoms with E-state index in [0.717, 1.165) is 12.8 Å². The van der Waals surface area contributed by atoms with Crippen molar-refractivity contribution < 1.29 is 18.8 Å². The van der Waals surface area contributed by atoms with Crippen LogP contribution in [0.5, 0.6) is 0 Å². The summed E-state index contributed by atoms with van der Waals surface area (Å²) in [6.07, 6.45) is 1.60. The Bertz CT molecular complexity index is 515. The number of carbonyl (C=O) groups is 1. The Labute approximate surface area is 140 Å². The molecular weight excluding hydrogens is 293 g/mol. The fourth-order valence-electron chi connectivity index (χ4n) is 4.21. The zero-order valence-electron chi connectivity index (χ0n) is 15.8. The van der Waals surface area contributed by atoms with Crippen molar-refractivity contribution in [1.82, 2.24) is 4.90 Å². The third-order valence-corrected chi connectivity index (χ3v) is 5.96. The molecule has 5 nitrogen and oxygen atoms in total. The summed E-state index contributed by atoms with van der Waals surface area (Å²) >= 11 is 0. The van der Waals surface area contributed by atoms with E-state index >= 15 is 0 Å². The fourth-order valence-corrected chi connectivity index (χ4v) is 4.21. The molecule has 4 aliphatic rings. The van der Waals surface area contributed by atoms with E-state index in [2.05, 4.69) is 34.6 Å². The van der Waals surface area contributed by atoms with Crippen LogP contribution in [0.25, 0.3) is 0 Å². The van der Waals surface area contributed by atoms with Gasteiger partial charge in [0.25, 0.3) is 0 Å². The van der Waals surface area contributed by atoms with Gasteiger partial charge in [0.1, 0.15) is 5.60 Å². The molecule has 130 valence electrons. The molecule has 0 radical (unpaired) electrons. The number of rotatable bonds is 1. The van der Waals surface area contributed by atoms with E-state index in [-0.39, 0.29) is 35.3 Å². The molecule has 3 saturated heterocycles. The van der Waals surface area contributed by atoms with Crippen molar-refractivity contribution in [2.24, 2.45) is 0 Å². The lowest BCUT2D eigenvalue weighted by molar-refractivity contribution is 0.00578. The maximum Gasteiger partial charge on any atom is 0.466 e. The van der Waals surface area contributed by atoms with E-state index in [9.17, 15) is 4.79 Å². The van der Waals surface area contributed by atoms with Crippen LogP contribution in [0.1, 0.15) is 68.2 Å². The summed E-state index contributed by atoms with van der Waals surface area (Å²) in [5, 5.41) is -0.101. The van der Waals surface area contributed by atoms with E-state index in [1.165, 1.54) is 0 Å². The van der Waals surface area contributed by atoms with Crippen molar-refractivity contribution in [3.8, 4) is 0 Å². The molecule has 6 heteroatoms. The summed E-state index contributed by atoms with van der Waals surface area (Å²) in [4.78, 5) is 14.4. The minimum atomic E-state index is -0.474. The van der Waals surface area contributed by atoms with Gasteiger partial charge in [0.05, 0.1) is 11.2 Å². The minimum Gasteiger partial charge on any atom is -0.444 e. The van der Waals surface area contributed by atoms with Crippen molar-refractivity contribution in [2.75, 3.05) is 6.54 Å². The quantitative estimate of drug-likeness (QED) is 0.692. The second kappa shape index (κ2) is 4.45. The molecule has 3 heterocycles. The van der Waals surface area contributed by atoms with Gasteiger partial charge in [0, 0.05) is 17.4 Å². The Balaban J connectivity index is 1.75. The minimum absolute atomic E-state index is 0.101. The summed E-state index contributed by atoms with van der Waals surface area (Å²) in [5.74, 6) is 0. The number of hydrogen-bond acceptors (Lipinski definition) is 4. The third kappa shape index (κ3) is 2.49. The second-order valence-corrected chi connectivity index (χ2v) is 9.87. The van der Waals surface area contributed by atoms with Gasteiger partial charge in [-0.05, 0) is 68.2 Å². The lowest BCUT2D eigenvalue weighted by Crippen LogP contribution is -2.51. The van der Waals surface area contributed by atoms with Crippen molar-refractivity contribution in [2.45, 2.75) is 95.9 Å². The van der Waals surface area contributed by atoms with Gasteiger partial charge in [0.15, 0.2) is 0 Å². The van der Waals surface area contributed by atoms with Crippen LogP contribution < -0.4 is 0 Å². The first kappa shape index (κ1) is 17.1. The van der Waals surface area contributed by atoms with Crippen LogP contribution in [-0.2, 0) is 14.0 Å². The number of fused-ring (bicyclic) bond motifs is 1. The smallest absolute Gasteiger partial charge is 0.444 e. The predicted molar refractivity (Wildman–Crippen MR) is 89.4 cm³/mol. The largest absolute Gasteiger partial charge is 0.466 e. The van der Waals surface area contributed by atoms with Gasteiger partial charge in [-0.15, -0.1) is 0 Å². The Morgan fingerprint density at radius 2 is 1.52 bits per heavy atom. The molecule has 3 aliphatic heterocycles. The Morgan fingerprint density at radius 1 is 1.04 bits per heavy atom. The number of carbonyl (C=O) groups excluding carboxylic acids is 1. The van der Waals surface area contributed by atoms with Gasteiger partial charge in [0.2, 0.25) is 0 Å². The van der Waals surface area contributed by atoms with Crippen LogP contribution >= 0.6 is 0 Å². The predicted octanol–water partition coefficient (Wildman–Crippen LogP) is 3.62. The molecule has 4 rings (SSSR count). The summed E-state index contributed by atoms with van der Waals surface area (Å²) in [6.45, 7) is 16.8. The fraction of sp³-hybridized carbons (Fsp3) is 0.941. The Morgan fingerprint density at radius 3 is 1.96 bits per heavy atom. The average Bonchev–Trinajstić information content (AvgIpc) is 2.81. The lowest BCUT2D eigenvalue weighted by atomic mass is 9.45. The van der Waals surface area contributed by atoms with Crippen molar-refractivity contribution in [1.29, 1.82) is 0 Å². The van der Waals surface area contributed by atoms with Gasteiger partial charge in [-0.3, -0.25) is 0 Å². The number of hydrogen-bond donors (Lipinski definition) is 0. The molecule has 2 bridgehead atoms. The molecular formula is C17H30BNO4. The average molecular weight is 323 g/mol. The van der Waals surface area contributed by atoms with Crippen molar-refractivity contribution in [3.63, 3.8) is 0 Å². The van der Waals surface area contributed by atoms with Gasteiger partial charge < -0.3 is 18.9 Å². The number of amides is 1. The molecule has 1 saturated carbocycles. The van der Waals surface area contributed by atoms with Crippen LogP contribution in [0.15, 0.2) is 0 Å². The Kier molecular flexibility index (Phi) is 3.31. The third-order valence-electron chi connectivity index (χ3n) is 5.96. The summed E-state index contributed by atoms with van der Waals surface area (Å²) < 4.78 is 18.1. The van der Waals surface area contributed by atoms with Crippen LogP contribution in [0.3, 0.4) is 0 Å². The van der Waals surface area contributed by atoms with E-state index in [4.69, 9.17) is 14.0 Å². The molecule has 1 amide bonds. The van der Waals surface area contributed by atoms with Crippen LogP contribution in [-0.4, -0.2) is 47.0 Å². The highest BCUT2D eigenvalue weighted by Crippen LogP contribution is 2.68. The van der Waals surface area contributed by atoms with Gasteiger partial charge in [-0.25, -0.2) is 4.79 Å². The summed E-state index contributed by atoms with van der Waals surface area (Å²) in [5.41, 5.74) is -1.28. The zero-order chi connectivity index (χ0) is 17.5. The topological polar surface area (TPSA) is 48.0 Å². The van der Waals surface area contributed by atoms with E-state index in [1.54, 1.807) is 0 Å². The maximum absolute atomic E-state index is 12.5. The highest BCUT2D eigenvalue weighted by molar-refractivity contribution is 6.50. The van der Waals surface area contributed by atoms with Gasteiger partial charge >= 0.3 is 13.2 Å². The maximum atomic E-state index is 12.5. The molecule has 0 spiro atoms. The van der Waals surface area contributed by atoms with E-state index in [0.29, 0.717) is 6.54 Å². The molecule has 1 aliphatic carbocycles. The molecule has 4 fully saturated rings. The Hall–Kier alpha value is -0.745. The highest BCUT2D eigenvalue weighted by atomic mass is 16.7. The zero-order valence-corrected chi connectivity index (χ0v) is 15.8. The molecule has 0 aromatic rings. The van der Waals surface area contributed by atoms with Crippen molar-refractivity contribution >= 4 is 13.2 Å². The monoisotopic (exact) mass is 323 g/mol. The number of ether oxygens (including phenoxy) is 1. The number of nitrogens with zero attached hydrogens (tertiary/aromatic N) is 1. The second-order valence-electron chi connectivity index (χ2n) is 9.87. The normalized spacial score (nSPS) is 37.7. The molecule has 0 N–H and O–H groups in total. The first-order valence-electron chi connectivity index (χ1n) is 8.56. The molecule has 0 aromatic carbocycles. The highest BCUT2D eigenvalue weighted by Gasteiger charge is 2.73. The van der Waals surface area contributed by atoms with Crippen molar-refractivity contribution in [3.05, 3.63) is 0 Å². The summed E-state index contributed by atoms with van der Waals surface area (Å²) in [7, 11) is -0.256. The SMILES string of the molecule is CC(C)(C)OC(=O)N1CC2(B3OC(C)(C)C(C)(C)O3)CC1(C)C2. The molecule has 0 unspecified atom stereocenters. The summed E-state index contributed by atoms with van der Waals surface area (Å²) in [6, 6.07) is 0. The van der Waals surface area contributed by atoms with Gasteiger partial charge in [-0.1, -0.05) is 0 Å². The standard InChI is InChI=1S/C17H30BNO4/c1-13(2,3)21-12(20)19-11-17(9-16(19,8)10-17)18-22-14(4,5)15(6,7)23-18/h9-11H2,1-8H3. The molecule has 0 atom stereocenters.